The smallest absolute Gasteiger partial charge is 0.269 e. The average molecular weight is 236 g/mol. The van der Waals surface area contributed by atoms with E-state index >= 15 is 0 Å². The molecule has 1 heterocycles. The molecule has 2 aromatic rings. The third-order valence-electron chi connectivity index (χ3n) is 2.78. The number of hydrogen-bond donors (Lipinski definition) is 0. The van der Waals surface area contributed by atoms with Gasteiger partial charge in [0.05, 0.1) is 16.8 Å². The Labute approximate surface area is 99.1 Å². The van der Waals surface area contributed by atoms with Crippen molar-refractivity contribution < 1.29 is 0 Å². The Morgan fingerprint density at radius 1 is 1.25 bits per heavy atom. The lowest BCUT2D eigenvalue weighted by Gasteiger charge is -2.17. The van der Waals surface area contributed by atoms with Crippen LogP contribution in [0.4, 0.5) is 0 Å². The topological polar surface area (TPSA) is 25.2 Å². The lowest BCUT2D eigenvalue weighted by molar-refractivity contribution is 0.249. The van der Waals surface area contributed by atoms with Gasteiger partial charge in [-0.3, -0.25) is 9.69 Å². The molecule has 86 valence electrons. The summed E-state index contributed by atoms with van der Waals surface area (Å²) >= 11 is 1.55. The van der Waals surface area contributed by atoms with E-state index in [1.54, 1.807) is 11.5 Å². The molecule has 0 spiro atoms. The first-order valence-corrected chi connectivity index (χ1v) is 6.34. The molecule has 4 heteroatoms. The molecule has 16 heavy (non-hydrogen) atoms. The largest absolute Gasteiger partial charge is 0.285 e. The lowest BCUT2D eigenvalue weighted by Crippen LogP contribution is -2.29. The van der Waals surface area contributed by atoms with Gasteiger partial charge in [-0.05, 0) is 25.2 Å². The minimum Gasteiger partial charge on any atom is -0.285 e. The fourth-order valence-corrected chi connectivity index (χ4v) is 2.75. The summed E-state index contributed by atoms with van der Waals surface area (Å²) in [5, 5.41) is 0.833. The van der Waals surface area contributed by atoms with Crippen molar-refractivity contribution >= 4 is 21.6 Å². The molecule has 0 saturated heterocycles. The summed E-state index contributed by atoms with van der Waals surface area (Å²) in [4.78, 5) is 14.3. The number of nitrogens with zero attached hydrogens (tertiary/aromatic N) is 2. The Morgan fingerprint density at radius 2 is 1.94 bits per heavy atom. The molecular formula is C12H16N2OS. The highest BCUT2D eigenvalue weighted by molar-refractivity contribution is 7.13. The van der Waals surface area contributed by atoms with Crippen LogP contribution in [0.15, 0.2) is 29.1 Å². The standard InChI is InChI=1S/C12H16N2OS/c1-3-13(4-2)9-14-12(15)10-7-5-6-8-11(10)16-14/h5-8H,3-4,9H2,1-2H3. The van der Waals surface area contributed by atoms with Crippen LogP contribution < -0.4 is 5.56 Å². The third kappa shape index (κ3) is 2.03. The van der Waals surface area contributed by atoms with Crippen LogP contribution >= 0.6 is 11.5 Å². The molecule has 0 amide bonds. The van der Waals surface area contributed by atoms with Crippen LogP contribution in [0.25, 0.3) is 10.1 Å². The van der Waals surface area contributed by atoms with Crippen LogP contribution in [0.3, 0.4) is 0 Å². The van der Waals surface area contributed by atoms with Gasteiger partial charge in [-0.25, -0.2) is 3.96 Å². The zero-order valence-corrected chi connectivity index (χ0v) is 10.5. The zero-order valence-electron chi connectivity index (χ0n) is 9.64. The maximum Gasteiger partial charge on any atom is 0.269 e. The number of rotatable bonds is 4. The van der Waals surface area contributed by atoms with Gasteiger partial charge in [0.2, 0.25) is 0 Å². The second kappa shape index (κ2) is 4.80. The van der Waals surface area contributed by atoms with Crippen molar-refractivity contribution in [2.24, 2.45) is 0 Å². The van der Waals surface area contributed by atoms with Crippen LogP contribution in [-0.4, -0.2) is 21.9 Å². The number of benzene rings is 1. The van der Waals surface area contributed by atoms with E-state index in [-0.39, 0.29) is 5.56 Å². The van der Waals surface area contributed by atoms with E-state index in [1.807, 2.05) is 28.2 Å². The molecule has 0 unspecified atom stereocenters. The Balaban J connectivity index is 2.38. The van der Waals surface area contributed by atoms with Gasteiger partial charge in [0.15, 0.2) is 0 Å². The first-order valence-electron chi connectivity index (χ1n) is 5.57. The summed E-state index contributed by atoms with van der Waals surface area (Å²) in [6.07, 6.45) is 0. The fraction of sp³-hybridized carbons (Fsp3) is 0.417. The molecule has 0 saturated carbocycles. The first-order chi connectivity index (χ1) is 7.76. The predicted molar refractivity (Wildman–Crippen MR) is 69.0 cm³/mol. The number of aromatic nitrogens is 1. The van der Waals surface area contributed by atoms with Gasteiger partial charge in [-0.1, -0.05) is 37.5 Å². The van der Waals surface area contributed by atoms with E-state index in [2.05, 4.69) is 18.7 Å². The highest BCUT2D eigenvalue weighted by Gasteiger charge is 2.08. The molecule has 0 aliphatic heterocycles. The summed E-state index contributed by atoms with van der Waals surface area (Å²) in [6, 6.07) is 7.78. The van der Waals surface area contributed by atoms with E-state index in [4.69, 9.17) is 0 Å². The fourth-order valence-electron chi connectivity index (χ4n) is 1.72. The summed E-state index contributed by atoms with van der Waals surface area (Å²) in [7, 11) is 0. The van der Waals surface area contributed by atoms with Crippen molar-refractivity contribution in [1.29, 1.82) is 0 Å². The maximum atomic E-state index is 12.0. The molecule has 0 aliphatic carbocycles. The van der Waals surface area contributed by atoms with Crippen molar-refractivity contribution in [1.82, 2.24) is 8.86 Å². The highest BCUT2D eigenvalue weighted by atomic mass is 32.1. The van der Waals surface area contributed by atoms with Crippen LogP contribution in [-0.2, 0) is 6.67 Å². The van der Waals surface area contributed by atoms with Crippen molar-refractivity contribution in [2.75, 3.05) is 13.1 Å². The summed E-state index contributed by atoms with van der Waals surface area (Å²) in [6.45, 7) is 6.86. The van der Waals surface area contributed by atoms with Gasteiger partial charge in [0.25, 0.3) is 5.56 Å². The van der Waals surface area contributed by atoms with Crippen molar-refractivity contribution in [2.45, 2.75) is 20.5 Å². The lowest BCUT2D eigenvalue weighted by atomic mass is 10.3. The van der Waals surface area contributed by atoms with E-state index in [0.29, 0.717) is 6.67 Å². The molecule has 0 atom stereocenters. The van der Waals surface area contributed by atoms with Gasteiger partial charge < -0.3 is 0 Å². The van der Waals surface area contributed by atoms with Gasteiger partial charge in [0.1, 0.15) is 0 Å². The summed E-state index contributed by atoms with van der Waals surface area (Å²) in [5.41, 5.74) is 0.132. The highest BCUT2D eigenvalue weighted by Crippen LogP contribution is 2.15. The molecule has 1 aromatic carbocycles. The van der Waals surface area contributed by atoms with Gasteiger partial charge >= 0.3 is 0 Å². The normalized spacial score (nSPS) is 11.4. The molecule has 3 nitrogen and oxygen atoms in total. The van der Waals surface area contributed by atoms with Crippen LogP contribution in [0, 0.1) is 0 Å². The first kappa shape index (κ1) is 11.4. The van der Waals surface area contributed by atoms with E-state index in [1.165, 1.54) is 0 Å². The number of fused-ring (bicyclic) bond motifs is 1. The quantitative estimate of drug-likeness (QED) is 0.814. The molecular weight excluding hydrogens is 220 g/mol. The summed E-state index contributed by atoms with van der Waals surface area (Å²) < 4.78 is 2.90. The molecule has 1 aromatic heterocycles. The van der Waals surface area contributed by atoms with Crippen molar-refractivity contribution in [3.8, 4) is 0 Å². The van der Waals surface area contributed by atoms with Crippen molar-refractivity contribution in [3.05, 3.63) is 34.6 Å². The number of hydrogen-bond acceptors (Lipinski definition) is 3. The second-order valence-corrected chi connectivity index (χ2v) is 4.78. The van der Waals surface area contributed by atoms with Crippen LogP contribution in [0.2, 0.25) is 0 Å². The SMILES string of the molecule is CCN(CC)Cn1sc2ccccc2c1=O. The third-order valence-corrected chi connectivity index (χ3v) is 3.83. The van der Waals surface area contributed by atoms with E-state index in [9.17, 15) is 4.79 Å². The Morgan fingerprint density at radius 3 is 2.56 bits per heavy atom. The van der Waals surface area contributed by atoms with Crippen LogP contribution in [0.5, 0.6) is 0 Å². The van der Waals surface area contributed by atoms with Gasteiger partial charge in [0, 0.05) is 0 Å². The van der Waals surface area contributed by atoms with E-state index < -0.39 is 0 Å². The summed E-state index contributed by atoms with van der Waals surface area (Å²) in [5.74, 6) is 0. The molecule has 0 bridgehead atoms. The minimum absolute atomic E-state index is 0.132. The predicted octanol–water partition coefficient (Wildman–Crippen LogP) is 2.36. The maximum absolute atomic E-state index is 12.0. The van der Waals surface area contributed by atoms with Crippen molar-refractivity contribution in [3.63, 3.8) is 0 Å². The van der Waals surface area contributed by atoms with Gasteiger partial charge in [-0.2, -0.15) is 0 Å². The molecule has 0 fully saturated rings. The van der Waals surface area contributed by atoms with E-state index in [0.717, 1.165) is 23.2 Å². The average Bonchev–Trinajstić information content (AvgIpc) is 2.64. The van der Waals surface area contributed by atoms with Crippen LogP contribution in [0.1, 0.15) is 13.8 Å². The minimum atomic E-state index is 0.132. The van der Waals surface area contributed by atoms with Gasteiger partial charge in [-0.15, -0.1) is 0 Å². The molecule has 2 rings (SSSR count). The second-order valence-electron chi connectivity index (χ2n) is 3.72. The Kier molecular flexibility index (Phi) is 3.41. The Bertz CT molecular complexity index is 525. The monoisotopic (exact) mass is 236 g/mol. The molecule has 0 aliphatic rings. The zero-order chi connectivity index (χ0) is 11.5. The molecule has 0 radical (unpaired) electrons. The molecule has 0 N–H and O–H groups in total. The Hall–Kier alpha value is -1.13.